The maximum Gasteiger partial charge on any atom is 0.275 e. The lowest BCUT2D eigenvalue weighted by molar-refractivity contribution is -0.385. The summed E-state index contributed by atoms with van der Waals surface area (Å²) < 4.78 is 19.1. The summed E-state index contributed by atoms with van der Waals surface area (Å²) >= 11 is 0. The molecule has 0 aliphatic heterocycles. The Hall–Kier alpha value is -2.47. The lowest BCUT2D eigenvalue weighted by Gasteiger charge is -2.14. The van der Waals surface area contributed by atoms with Crippen molar-refractivity contribution in [3.63, 3.8) is 0 Å². The Bertz CT molecular complexity index is 647. The first-order chi connectivity index (χ1) is 9.99. The first kappa shape index (κ1) is 14.9. The Balaban J connectivity index is 2.10. The van der Waals surface area contributed by atoms with Crippen molar-refractivity contribution in [1.82, 2.24) is 0 Å². The summed E-state index contributed by atoms with van der Waals surface area (Å²) in [5.74, 6) is -0.808. The number of nitro groups is 1. The van der Waals surface area contributed by atoms with E-state index in [2.05, 4.69) is 0 Å². The molecule has 0 fully saturated rings. The van der Waals surface area contributed by atoms with E-state index in [0.717, 1.165) is 11.6 Å². The highest BCUT2D eigenvalue weighted by Gasteiger charge is 2.17. The van der Waals surface area contributed by atoms with Gasteiger partial charge in [-0.1, -0.05) is 30.3 Å². The number of nitrogens with zero attached hydrogens (tertiary/aromatic N) is 1. The Labute approximate surface area is 121 Å². The lowest BCUT2D eigenvalue weighted by Crippen LogP contribution is -2.19. The predicted molar refractivity (Wildman–Crippen MR) is 76.7 cm³/mol. The van der Waals surface area contributed by atoms with Crippen molar-refractivity contribution in [3.8, 4) is 5.75 Å². The van der Waals surface area contributed by atoms with Crippen LogP contribution in [0.1, 0.15) is 17.2 Å². The smallest absolute Gasteiger partial charge is 0.275 e. The quantitative estimate of drug-likeness (QED) is 0.678. The molecule has 0 aromatic heterocycles. The van der Waals surface area contributed by atoms with Crippen molar-refractivity contribution in [2.75, 3.05) is 6.61 Å². The van der Waals surface area contributed by atoms with Gasteiger partial charge in [-0.15, -0.1) is 0 Å². The predicted octanol–water partition coefficient (Wildman–Crippen LogP) is 3.12. The van der Waals surface area contributed by atoms with Crippen LogP contribution >= 0.6 is 0 Å². The minimum atomic E-state index is -0.771. The highest BCUT2D eigenvalue weighted by Crippen LogP contribution is 2.27. The van der Waals surface area contributed by atoms with Gasteiger partial charge >= 0.3 is 0 Å². The number of hydrogen-bond acceptors (Lipinski definition) is 4. The Morgan fingerprint density at radius 3 is 2.62 bits per heavy atom. The van der Waals surface area contributed by atoms with Gasteiger partial charge in [-0.05, 0) is 18.6 Å². The van der Waals surface area contributed by atoms with E-state index >= 15 is 0 Å². The summed E-state index contributed by atoms with van der Waals surface area (Å²) in [6.07, 6.45) is 0. The van der Waals surface area contributed by atoms with Crippen LogP contribution in [-0.4, -0.2) is 11.5 Å². The molecule has 2 aromatic carbocycles. The molecule has 0 aliphatic carbocycles. The van der Waals surface area contributed by atoms with Gasteiger partial charge in [-0.25, -0.2) is 4.39 Å². The van der Waals surface area contributed by atoms with Gasteiger partial charge in [0.15, 0.2) is 11.6 Å². The fourth-order valence-corrected chi connectivity index (χ4v) is 1.93. The van der Waals surface area contributed by atoms with Gasteiger partial charge in [0.05, 0.1) is 17.0 Å². The summed E-state index contributed by atoms with van der Waals surface area (Å²) in [7, 11) is 0. The van der Waals surface area contributed by atoms with E-state index in [0.29, 0.717) is 5.56 Å². The van der Waals surface area contributed by atoms with Gasteiger partial charge in [-0.2, -0.15) is 0 Å². The van der Waals surface area contributed by atoms with Crippen molar-refractivity contribution >= 4 is 5.69 Å². The second kappa shape index (κ2) is 6.32. The molecule has 0 saturated heterocycles. The number of ether oxygens (including phenoxy) is 1. The lowest BCUT2D eigenvalue weighted by atomic mass is 10.1. The SMILES string of the molecule is Cc1cc(OCC(N)c2ccccc2)c(F)cc1[N+](=O)[O-]. The third kappa shape index (κ3) is 3.55. The number of hydrogen-bond donors (Lipinski definition) is 1. The molecule has 5 nitrogen and oxygen atoms in total. The van der Waals surface area contributed by atoms with Crippen LogP contribution in [0.2, 0.25) is 0 Å². The third-order valence-electron chi connectivity index (χ3n) is 3.09. The van der Waals surface area contributed by atoms with Crippen molar-refractivity contribution in [2.24, 2.45) is 5.73 Å². The normalized spacial score (nSPS) is 12.0. The van der Waals surface area contributed by atoms with E-state index in [4.69, 9.17) is 10.5 Å². The fraction of sp³-hybridized carbons (Fsp3) is 0.200. The molecule has 1 unspecified atom stereocenters. The van der Waals surface area contributed by atoms with E-state index < -0.39 is 16.8 Å². The van der Waals surface area contributed by atoms with Crippen molar-refractivity contribution < 1.29 is 14.1 Å². The van der Waals surface area contributed by atoms with E-state index in [-0.39, 0.29) is 18.0 Å². The molecule has 6 heteroatoms. The van der Waals surface area contributed by atoms with Crippen molar-refractivity contribution in [3.05, 3.63) is 69.5 Å². The summed E-state index contributed by atoms with van der Waals surface area (Å²) in [6, 6.07) is 11.1. The van der Waals surface area contributed by atoms with Crippen LogP contribution < -0.4 is 10.5 Å². The standard InChI is InChI=1S/C15H15FN2O3/c1-10-7-15(12(16)8-14(10)18(19)20)21-9-13(17)11-5-3-2-4-6-11/h2-8,13H,9,17H2,1H3. The van der Waals surface area contributed by atoms with Gasteiger partial charge in [-0.3, -0.25) is 10.1 Å². The molecule has 0 saturated carbocycles. The second-order valence-corrected chi connectivity index (χ2v) is 4.65. The summed E-state index contributed by atoms with van der Waals surface area (Å²) in [5.41, 5.74) is 6.89. The highest BCUT2D eigenvalue weighted by molar-refractivity contribution is 5.45. The minimum absolute atomic E-state index is 0.0375. The van der Waals surface area contributed by atoms with E-state index in [1.54, 1.807) is 0 Å². The van der Waals surface area contributed by atoms with Gasteiger partial charge in [0.2, 0.25) is 0 Å². The average molecular weight is 290 g/mol. The zero-order valence-electron chi connectivity index (χ0n) is 11.5. The van der Waals surface area contributed by atoms with Crippen LogP contribution in [0.5, 0.6) is 5.75 Å². The first-order valence-corrected chi connectivity index (χ1v) is 6.37. The maximum atomic E-state index is 13.8. The Kier molecular flexibility index (Phi) is 4.49. The van der Waals surface area contributed by atoms with Gasteiger partial charge < -0.3 is 10.5 Å². The van der Waals surface area contributed by atoms with Crippen LogP contribution in [0.3, 0.4) is 0 Å². The largest absolute Gasteiger partial charge is 0.489 e. The molecule has 110 valence electrons. The molecule has 0 amide bonds. The number of nitrogens with two attached hydrogens (primary N) is 1. The molecular weight excluding hydrogens is 275 g/mol. The molecule has 21 heavy (non-hydrogen) atoms. The number of halogens is 1. The van der Waals surface area contributed by atoms with Gasteiger partial charge in [0, 0.05) is 5.56 Å². The van der Waals surface area contributed by atoms with E-state index in [1.165, 1.54) is 13.0 Å². The summed E-state index contributed by atoms with van der Waals surface area (Å²) in [5, 5.41) is 10.7. The van der Waals surface area contributed by atoms with Crippen LogP contribution in [0.4, 0.5) is 10.1 Å². The van der Waals surface area contributed by atoms with Crippen LogP contribution in [0.15, 0.2) is 42.5 Å². The van der Waals surface area contributed by atoms with Crippen molar-refractivity contribution in [1.29, 1.82) is 0 Å². The number of benzene rings is 2. The molecule has 2 aromatic rings. The number of nitro benzene ring substituents is 1. The topological polar surface area (TPSA) is 78.4 Å². The molecule has 0 bridgehead atoms. The molecule has 2 N–H and O–H groups in total. The maximum absolute atomic E-state index is 13.8. The Morgan fingerprint density at radius 1 is 1.33 bits per heavy atom. The first-order valence-electron chi connectivity index (χ1n) is 6.37. The second-order valence-electron chi connectivity index (χ2n) is 4.65. The van der Waals surface area contributed by atoms with Crippen LogP contribution in [0, 0.1) is 22.9 Å². The highest BCUT2D eigenvalue weighted by atomic mass is 19.1. The molecule has 0 spiro atoms. The van der Waals surface area contributed by atoms with Gasteiger partial charge in [0.25, 0.3) is 5.69 Å². The zero-order chi connectivity index (χ0) is 15.4. The molecule has 0 radical (unpaired) electrons. The summed E-state index contributed by atoms with van der Waals surface area (Å²) in [6.45, 7) is 1.61. The van der Waals surface area contributed by atoms with Crippen LogP contribution in [-0.2, 0) is 0 Å². The average Bonchev–Trinajstić information content (AvgIpc) is 2.48. The van der Waals surface area contributed by atoms with E-state index in [1.807, 2.05) is 30.3 Å². The minimum Gasteiger partial charge on any atom is -0.489 e. The van der Waals surface area contributed by atoms with E-state index in [9.17, 15) is 14.5 Å². The summed E-state index contributed by atoms with van der Waals surface area (Å²) in [4.78, 5) is 10.1. The van der Waals surface area contributed by atoms with Gasteiger partial charge in [0.1, 0.15) is 6.61 Å². The fourth-order valence-electron chi connectivity index (χ4n) is 1.93. The molecule has 0 aliphatic rings. The van der Waals surface area contributed by atoms with Crippen LogP contribution in [0.25, 0.3) is 0 Å². The molecule has 0 heterocycles. The third-order valence-corrected chi connectivity index (χ3v) is 3.09. The van der Waals surface area contributed by atoms with Crippen molar-refractivity contribution in [2.45, 2.75) is 13.0 Å². The molecule has 1 atom stereocenters. The number of rotatable bonds is 5. The monoisotopic (exact) mass is 290 g/mol. The Morgan fingerprint density at radius 2 is 2.00 bits per heavy atom. The number of aryl methyl sites for hydroxylation is 1. The molecular formula is C15H15FN2O3. The zero-order valence-corrected chi connectivity index (χ0v) is 11.5. The molecule has 2 rings (SSSR count).